The molecule has 3 aromatic rings. The van der Waals surface area contributed by atoms with Crippen molar-refractivity contribution in [3.8, 4) is 0 Å². The van der Waals surface area contributed by atoms with Crippen LogP contribution in [0.5, 0.6) is 0 Å². The third kappa shape index (κ3) is 2.80. The number of aromatic nitrogens is 1. The van der Waals surface area contributed by atoms with E-state index in [0.717, 1.165) is 36.2 Å². The molecule has 0 saturated carbocycles. The molecule has 1 amide bonds. The second-order valence-electron chi connectivity index (χ2n) is 5.93. The Kier molecular flexibility index (Phi) is 4.02. The second-order valence-corrected chi connectivity index (χ2v) is 7.22. The molecule has 0 fully saturated rings. The Morgan fingerprint density at radius 3 is 2.88 bits per heavy atom. The zero-order chi connectivity index (χ0) is 16.5. The number of anilines is 1. The van der Waals surface area contributed by atoms with Gasteiger partial charge < -0.3 is 9.32 Å². The number of oxazole rings is 1. The van der Waals surface area contributed by atoms with Gasteiger partial charge in [0.05, 0.1) is 5.25 Å². The van der Waals surface area contributed by atoms with Crippen LogP contribution < -0.4 is 4.90 Å². The average molecular weight is 338 g/mol. The second kappa shape index (κ2) is 6.32. The number of carbonyl (C=O) groups excluding carboxylic acids is 1. The maximum atomic E-state index is 12.9. The van der Waals surface area contributed by atoms with E-state index in [0.29, 0.717) is 5.22 Å². The molecule has 4 rings (SSSR count). The third-order valence-corrected chi connectivity index (χ3v) is 5.21. The predicted octanol–water partition coefficient (Wildman–Crippen LogP) is 4.29. The monoisotopic (exact) mass is 338 g/mol. The lowest BCUT2D eigenvalue weighted by Gasteiger charge is -2.31. The molecule has 1 aliphatic heterocycles. The molecule has 24 heavy (non-hydrogen) atoms. The van der Waals surface area contributed by atoms with Crippen LogP contribution in [0, 0.1) is 0 Å². The highest BCUT2D eigenvalue weighted by atomic mass is 32.2. The van der Waals surface area contributed by atoms with Crippen molar-refractivity contribution in [3.63, 3.8) is 0 Å². The molecule has 122 valence electrons. The molecule has 1 unspecified atom stereocenters. The first-order chi connectivity index (χ1) is 11.7. The first-order valence-corrected chi connectivity index (χ1v) is 9.02. The van der Waals surface area contributed by atoms with E-state index in [-0.39, 0.29) is 11.2 Å². The Balaban J connectivity index is 1.54. The Morgan fingerprint density at radius 2 is 2.00 bits per heavy atom. The lowest BCUT2D eigenvalue weighted by molar-refractivity contribution is -0.117. The Bertz CT molecular complexity index is 857. The Hall–Kier alpha value is -2.27. The number of para-hydroxylation sites is 3. The first kappa shape index (κ1) is 15.3. The van der Waals surface area contributed by atoms with Gasteiger partial charge in [0, 0.05) is 12.2 Å². The molecule has 2 heterocycles. The number of aryl methyl sites for hydroxylation is 1. The van der Waals surface area contributed by atoms with Gasteiger partial charge in [-0.15, -0.1) is 0 Å². The molecule has 5 heteroatoms. The number of hydrogen-bond donors (Lipinski definition) is 0. The number of rotatable bonds is 3. The third-order valence-electron chi connectivity index (χ3n) is 4.28. The van der Waals surface area contributed by atoms with Crippen molar-refractivity contribution >= 4 is 34.5 Å². The van der Waals surface area contributed by atoms with Gasteiger partial charge in [-0.2, -0.15) is 0 Å². The standard InChI is InChI=1S/C19H18N2O2S/c1-13(24-19-20-15-9-3-5-11-17(15)23-19)18(22)21-12-6-8-14-7-2-4-10-16(14)21/h2-5,7,9-11,13H,6,8,12H2,1H3. The normalized spacial score (nSPS) is 15.3. The van der Waals surface area contributed by atoms with Crippen LogP contribution >= 0.6 is 11.8 Å². The van der Waals surface area contributed by atoms with Crippen LogP contribution in [-0.4, -0.2) is 22.7 Å². The van der Waals surface area contributed by atoms with Crippen molar-refractivity contribution in [2.75, 3.05) is 11.4 Å². The Labute approximate surface area is 144 Å². The number of carbonyl (C=O) groups is 1. The predicted molar refractivity (Wildman–Crippen MR) is 96.4 cm³/mol. The highest BCUT2D eigenvalue weighted by Gasteiger charge is 2.27. The van der Waals surface area contributed by atoms with Crippen molar-refractivity contribution in [3.05, 3.63) is 54.1 Å². The van der Waals surface area contributed by atoms with Gasteiger partial charge >= 0.3 is 0 Å². The lowest BCUT2D eigenvalue weighted by atomic mass is 10.0. The molecule has 0 saturated heterocycles. The SMILES string of the molecule is CC(Sc1nc2ccccc2o1)C(=O)N1CCCc2ccccc21. The van der Waals surface area contributed by atoms with Crippen molar-refractivity contribution in [1.82, 2.24) is 4.98 Å². The molecule has 4 nitrogen and oxygen atoms in total. The quantitative estimate of drug-likeness (QED) is 0.669. The van der Waals surface area contributed by atoms with Crippen LogP contribution in [0.2, 0.25) is 0 Å². The fraction of sp³-hybridized carbons (Fsp3) is 0.263. The van der Waals surface area contributed by atoms with Gasteiger partial charge in [0.1, 0.15) is 5.52 Å². The summed E-state index contributed by atoms with van der Waals surface area (Å²) in [7, 11) is 0. The van der Waals surface area contributed by atoms with E-state index in [1.54, 1.807) is 0 Å². The van der Waals surface area contributed by atoms with Crippen molar-refractivity contribution in [2.24, 2.45) is 0 Å². The van der Waals surface area contributed by atoms with Crippen LogP contribution in [0.4, 0.5) is 5.69 Å². The van der Waals surface area contributed by atoms with E-state index >= 15 is 0 Å². The molecule has 0 spiro atoms. The maximum absolute atomic E-state index is 12.9. The summed E-state index contributed by atoms with van der Waals surface area (Å²) in [5.74, 6) is 0.106. The van der Waals surface area contributed by atoms with Gasteiger partial charge in [-0.1, -0.05) is 42.1 Å². The minimum Gasteiger partial charge on any atom is -0.431 e. The van der Waals surface area contributed by atoms with Crippen molar-refractivity contribution in [1.29, 1.82) is 0 Å². The van der Waals surface area contributed by atoms with Gasteiger partial charge in [-0.3, -0.25) is 4.79 Å². The lowest BCUT2D eigenvalue weighted by Crippen LogP contribution is -2.40. The van der Waals surface area contributed by atoms with E-state index < -0.39 is 0 Å². The summed E-state index contributed by atoms with van der Waals surface area (Å²) in [5, 5.41) is 0.298. The summed E-state index contributed by atoms with van der Waals surface area (Å²) in [6.45, 7) is 2.69. The zero-order valence-electron chi connectivity index (χ0n) is 13.4. The molecule has 0 radical (unpaired) electrons. The summed E-state index contributed by atoms with van der Waals surface area (Å²) in [6, 6.07) is 15.8. The van der Waals surface area contributed by atoms with Crippen molar-refractivity contribution < 1.29 is 9.21 Å². The smallest absolute Gasteiger partial charge is 0.257 e. The summed E-state index contributed by atoms with van der Waals surface area (Å²) in [4.78, 5) is 19.3. The van der Waals surface area contributed by atoms with Crippen molar-refractivity contribution in [2.45, 2.75) is 30.2 Å². The Morgan fingerprint density at radius 1 is 1.21 bits per heavy atom. The number of thioether (sulfide) groups is 1. The highest BCUT2D eigenvalue weighted by molar-refractivity contribution is 8.00. The number of amides is 1. The molecule has 1 atom stereocenters. The maximum Gasteiger partial charge on any atom is 0.257 e. The molecule has 2 aromatic carbocycles. The number of benzene rings is 2. The van der Waals surface area contributed by atoms with Gasteiger partial charge in [0.2, 0.25) is 5.91 Å². The molecule has 0 bridgehead atoms. The van der Waals surface area contributed by atoms with Crippen LogP contribution in [0.3, 0.4) is 0 Å². The highest BCUT2D eigenvalue weighted by Crippen LogP contribution is 2.31. The topological polar surface area (TPSA) is 46.3 Å². The fourth-order valence-electron chi connectivity index (χ4n) is 3.09. The van der Waals surface area contributed by atoms with Gasteiger partial charge in [-0.05, 0) is 43.5 Å². The molecule has 1 aliphatic rings. The number of fused-ring (bicyclic) bond motifs is 2. The van der Waals surface area contributed by atoms with Gasteiger partial charge in [0.15, 0.2) is 5.58 Å². The van der Waals surface area contributed by atoms with Crippen LogP contribution in [0.15, 0.2) is 58.2 Å². The molecular formula is C19H18N2O2S. The fourth-order valence-corrected chi connectivity index (χ4v) is 3.90. The summed E-state index contributed by atoms with van der Waals surface area (Å²) >= 11 is 1.38. The van der Waals surface area contributed by atoms with Gasteiger partial charge in [0.25, 0.3) is 5.22 Å². The largest absolute Gasteiger partial charge is 0.431 e. The van der Waals surface area contributed by atoms with Gasteiger partial charge in [-0.25, -0.2) is 4.98 Å². The van der Waals surface area contributed by atoms with E-state index in [2.05, 4.69) is 11.1 Å². The van der Waals surface area contributed by atoms with Crippen LogP contribution in [0.25, 0.3) is 11.1 Å². The molecule has 0 aliphatic carbocycles. The summed E-state index contributed by atoms with van der Waals surface area (Å²) in [6.07, 6.45) is 2.04. The van der Waals surface area contributed by atoms with E-state index in [1.807, 2.05) is 54.3 Å². The molecule has 1 aromatic heterocycles. The molecular weight excluding hydrogens is 320 g/mol. The summed E-state index contributed by atoms with van der Waals surface area (Å²) < 4.78 is 5.73. The minimum absolute atomic E-state index is 0.106. The summed E-state index contributed by atoms with van der Waals surface area (Å²) in [5.41, 5.74) is 3.86. The average Bonchev–Trinajstić information content (AvgIpc) is 3.02. The number of nitrogens with zero attached hydrogens (tertiary/aromatic N) is 2. The van der Waals surface area contributed by atoms with E-state index in [9.17, 15) is 4.79 Å². The molecule has 0 N–H and O–H groups in total. The minimum atomic E-state index is -0.246. The zero-order valence-corrected chi connectivity index (χ0v) is 14.3. The van der Waals surface area contributed by atoms with Crippen LogP contribution in [-0.2, 0) is 11.2 Å². The first-order valence-electron chi connectivity index (χ1n) is 8.14. The van der Waals surface area contributed by atoms with E-state index in [1.165, 1.54) is 17.3 Å². The van der Waals surface area contributed by atoms with Crippen LogP contribution in [0.1, 0.15) is 18.9 Å². The number of hydrogen-bond acceptors (Lipinski definition) is 4. The van der Waals surface area contributed by atoms with E-state index in [4.69, 9.17) is 4.42 Å².